The van der Waals surface area contributed by atoms with Gasteiger partial charge in [0, 0.05) is 12.0 Å². The molecule has 1 aromatic rings. The minimum absolute atomic E-state index is 0.0215. The Morgan fingerprint density at radius 3 is 2.76 bits per heavy atom. The summed E-state index contributed by atoms with van der Waals surface area (Å²) in [7, 11) is 0. The molecule has 6 rings (SSSR count). The molecule has 1 aliphatic heterocycles. The molecule has 158 valence electrons. The molecule has 3 unspecified atom stereocenters. The topological polar surface area (TPSA) is 50.4 Å². The highest BCUT2D eigenvalue weighted by Crippen LogP contribution is 2.81. The molecule has 5 aliphatic rings. The Balaban J connectivity index is 1.47. The number of amides is 1. The maximum absolute atomic E-state index is 14.4. The SMILES string of the molecule is CCOC[C@]12CC3CC1(C(=O)NC1CCNCC1(F)F)C[C@]3(c1ccccc1)C2. The molecule has 1 heterocycles. The number of carbonyl (C=O) groups excluding carboxylic acids is 1. The van der Waals surface area contributed by atoms with Gasteiger partial charge in [-0.15, -0.1) is 0 Å². The highest BCUT2D eigenvalue weighted by Gasteiger charge is 2.80. The minimum atomic E-state index is -2.91. The molecule has 4 bridgehead atoms. The van der Waals surface area contributed by atoms with Crippen LogP contribution in [0.1, 0.15) is 44.6 Å². The molecule has 2 N–H and O–H groups in total. The van der Waals surface area contributed by atoms with Crippen LogP contribution in [0.25, 0.3) is 0 Å². The van der Waals surface area contributed by atoms with Gasteiger partial charge in [0.1, 0.15) is 0 Å². The summed E-state index contributed by atoms with van der Waals surface area (Å²) in [6.45, 7) is 3.26. The number of benzene rings is 1. The molecule has 29 heavy (non-hydrogen) atoms. The zero-order valence-corrected chi connectivity index (χ0v) is 17.0. The van der Waals surface area contributed by atoms with Gasteiger partial charge < -0.3 is 15.4 Å². The number of alkyl halides is 2. The fourth-order valence-electron chi connectivity index (χ4n) is 7.24. The zero-order valence-electron chi connectivity index (χ0n) is 17.0. The molecule has 0 aromatic heterocycles. The molecule has 0 spiro atoms. The van der Waals surface area contributed by atoms with E-state index in [1.54, 1.807) is 0 Å². The van der Waals surface area contributed by atoms with Crippen LogP contribution in [0, 0.1) is 16.7 Å². The Labute approximate surface area is 170 Å². The molecular weight excluding hydrogens is 374 g/mol. The summed E-state index contributed by atoms with van der Waals surface area (Å²) in [6, 6.07) is 9.40. The maximum atomic E-state index is 14.4. The summed E-state index contributed by atoms with van der Waals surface area (Å²) in [6.07, 6.45) is 3.69. The summed E-state index contributed by atoms with van der Waals surface area (Å²) < 4.78 is 34.7. The predicted molar refractivity (Wildman–Crippen MR) is 106 cm³/mol. The van der Waals surface area contributed by atoms with Crippen molar-refractivity contribution in [1.82, 2.24) is 10.6 Å². The zero-order chi connectivity index (χ0) is 20.3. The van der Waals surface area contributed by atoms with Crippen molar-refractivity contribution in [3.63, 3.8) is 0 Å². The van der Waals surface area contributed by atoms with Crippen LogP contribution in [0.4, 0.5) is 8.78 Å². The summed E-state index contributed by atoms with van der Waals surface area (Å²) in [5.74, 6) is -2.65. The van der Waals surface area contributed by atoms with Crippen molar-refractivity contribution in [3.8, 4) is 0 Å². The molecule has 5 atom stereocenters. The Morgan fingerprint density at radius 2 is 2.03 bits per heavy atom. The first kappa shape index (κ1) is 19.4. The Hall–Kier alpha value is -1.53. The predicted octanol–water partition coefficient (Wildman–Crippen LogP) is 3.26. The second kappa shape index (κ2) is 6.48. The molecular formula is C23H30F2N2O2. The minimum Gasteiger partial charge on any atom is -0.381 e. The number of halogens is 2. The summed E-state index contributed by atoms with van der Waals surface area (Å²) >= 11 is 0. The molecule has 1 amide bonds. The van der Waals surface area contributed by atoms with Gasteiger partial charge in [-0.05, 0) is 62.5 Å². The quantitative estimate of drug-likeness (QED) is 0.765. The lowest BCUT2D eigenvalue weighted by molar-refractivity contribution is -0.144. The summed E-state index contributed by atoms with van der Waals surface area (Å²) in [5, 5.41) is 5.55. The Morgan fingerprint density at radius 1 is 1.24 bits per heavy atom. The fourth-order valence-corrected chi connectivity index (χ4v) is 7.24. The second-order valence-corrected chi connectivity index (χ2v) is 9.73. The molecule has 0 radical (unpaired) electrons. The van der Waals surface area contributed by atoms with Gasteiger partial charge in [-0.1, -0.05) is 30.3 Å². The van der Waals surface area contributed by atoms with E-state index < -0.39 is 17.4 Å². The van der Waals surface area contributed by atoms with Crippen molar-refractivity contribution in [2.75, 3.05) is 26.3 Å². The first-order valence-corrected chi connectivity index (χ1v) is 10.9. The van der Waals surface area contributed by atoms with E-state index in [9.17, 15) is 13.6 Å². The molecule has 6 heteroatoms. The van der Waals surface area contributed by atoms with Gasteiger partial charge in [0.2, 0.25) is 5.91 Å². The van der Waals surface area contributed by atoms with E-state index >= 15 is 0 Å². The van der Waals surface area contributed by atoms with E-state index in [4.69, 9.17) is 4.74 Å². The average Bonchev–Trinajstić information content (AvgIpc) is 3.39. The van der Waals surface area contributed by atoms with Gasteiger partial charge in [0.05, 0.1) is 24.6 Å². The van der Waals surface area contributed by atoms with Crippen molar-refractivity contribution in [2.45, 2.75) is 56.4 Å². The van der Waals surface area contributed by atoms with Crippen LogP contribution >= 0.6 is 0 Å². The summed E-state index contributed by atoms with van der Waals surface area (Å²) in [5.41, 5.74) is 0.439. The molecule has 4 nitrogen and oxygen atoms in total. The number of piperidine rings is 1. The lowest BCUT2D eigenvalue weighted by Gasteiger charge is -2.41. The van der Waals surface area contributed by atoms with Gasteiger partial charge in [-0.25, -0.2) is 8.78 Å². The molecule has 1 saturated heterocycles. The van der Waals surface area contributed by atoms with Crippen molar-refractivity contribution in [3.05, 3.63) is 35.9 Å². The number of hydrogen-bond acceptors (Lipinski definition) is 3. The van der Waals surface area contributed by atoms with E-state index in [-0.39, 0.29) is 29.7 Å². The number of ether oxygens (including phenoxy) is 1. The number of nitrogens with one attached hydrogen (secondary N) is 2. The van der Waals surface area contributed by atoms with Crippen LogP contribution < -0.4 is 10.6 Å². The van der Waals surface area contributed by atoms with E-state index in [2.05, 4.69) is 34.9 Å². The van der Waals surface area contributed by atoms with Crippen LogP contribution in [0.15, 0.2) is 30.3 Å². The maximum Gasteiger partial charge on any atom is 0.280 e. The smallest absolute Gasteiger partial charge is 0.280 e. The lowest BCUT2D eigenvalue weighted by atomic mass is 9.67. The Kier molecular flexibility index (Phi) is 4.34. The van der Waals surface area contributed by atoms with Gasteiger partial charge >= 0.3 is 0 Å². The third-order valence-electron chi connectivity index (χ3n) is 8.45. The largest absolute Gasteiger partial charge is 0.381 e. The van der Waals surface area contributed by atoms with Gasteiger partial charge in [-0.2, -0.15) is 0 Å². The standard InChI is InChI=1S/C23H30F2N2O2/c1-2-29-15-20-10-17-11-22(20,13-21(17,12-20)16-6-4-3-5-7-16)19(28)27-18-8-9-26-14-23(18,24)25/h3-7,17-18,26H,2,8-15H2,1H3,(H,27,28)/t17?,18?,20-,21+,22?/m1/s1. The third-order valence-corrected chi connectivity index (χ3v) is 8.45. The van der Waals surface area contributed by atoms with Crippen molar-refractivity contribution < 1.29 is 18.3 Å². The van der Waals surface area contributed by atoms with Crippen LogP contribution in [-0.4, -0.2) is 44.2 Å². The van der Waals surface area contributed by atoms with Gasteiger partial charge in [0.15, 0.2) is 0 Å². The molecule has 4 aliphatic carbocycles. The Bertz CT molecular complexity index is 803. The normalized spacial score (nSPS) is 41.8. The third kappa shape index (κ3) is 2.57. The average molecular weight is 405 g/mol. The van der Waals surface area contributed by atoms with Crippen molar-refractivity contribution in [1.29, 1.82) is 0 Å². The first-order valence-electron chi connectivity index (χ1n) is 10.9. The van der Waals surface area contributed by atoms with Crippen LogP contribution in [-0.2, 0) is 14.9 Å². The van der Waals surface area contributed by atoms with E-state index in [0.29, 0.717) is 25.7 Å². The van der Waals surface area contributed by atoms with Crippen molar-refractivity contribution in [2.24, 2.45) is 16.7 Å². The molecule has 1 aromatic carbocycles. The van der Waals surface area contributed by atoms with Gasteiger partial charge in [-0.3, -0.25) is 4.79 Å². The lowest BCUT2D eigenvalue weighted by Crippen LogP contribution is -2.60. The monoisotopic (exact) mass is 404 g/mol. The summed E-state index contributed by atoms with van der Waals surface area (Å²) in [4.78, 5) is 13.6. The number of hydrogen-bond donors (Lipinski definition) is 2. The van der Waals surface area contributed by atoms with Crippen LogP contribution in [0.3, 0.4) is 0 Å². The highest BCUT2D eigenvalue weighted by atomic mass is 19.3. The number of rotatable bonds is 6. The van der Waals surface area contributed by atoms with Crippen LogP contribution in [0.5, 0.6) is 0 Å². The molecule has 4 saturated carbocycles. The second-order valence-electron chi connectivity index (χ2n) is 9.73. The first-order chi connectivity index (χ1) is 13.9. The van der Waals surface area contributed by atoms with Crippen molar-refractivity contribution >= 4 is 5.91 Å². The fraction of sp³-hybridized carbons (Fsp3) is 0.696. The van der Waals surface area contributed by atoms with E-state index in [1.165, 1.54) is 5.56 Å². The van der Waals surface area contributed by atoms with E-state index in [1.807, 2.05) is 13.0 Å². The van der Waals surface area contributed by atoms with E-state index in [0.717, 1.165) is 25.7 Å². The molecule has 5 fully saturated rings. The highest BCUT2D eigenvalue weighted by molar-refractivity contribution is 5.86. The number of carbonyl (C=O) groups is 1. The van der Waals surface area contributed by atoms with Gasteiger partial charge in [0.25, 0.3) is 5.92 Å². The van der Waals surface area contributed by atoms with Crippen LogP contribution in [0.2, 0.25) is 0 Å².